The van der Waals surface area contributed by atoms with Crippen LogP contribution in [0.15, 0.2) is 42.5 Å². The smallest absolute Gasteiger partial charge is 0.274 e. The summed E-state index contributed by atoms with van der Waals surface area (Å²) >= 11 is 0. The van der Waals surface area contributed by atoms with Crippen molar-refractivity contribution in [2.45, 2.75) is 26.3 Å². The highest BCUT2D eigenvalue weighted by atomic mass is 16.2. The number of amides is 1. The number of aromatic nitrogens is 2. The number of carbonyl (C=O) groups excluding carboxylic acids is 1. The summed E-state index contributed by atoms with van der Waals surface area (Å²) in [6.07, 6.45) is 2.21. The van der Waals surface area contributed by atoms with Crippen LogP contribution in [0.3, 0.4) is 0 Å². The van der Waals surface area contributed by atoms with Gasteiger partial charge in [-0.3, -0.25) is 4.79 Å². The second-order valence-corrected chi connectivity index (χ2v) is 5.23. The van der Waals surface area contributed by atoms with Gasteiger partial charge in [-0.2, -0.15) is 0 Å². The lowest BCUT2D eigenvalue weighted by Gasteiger charge is -2.16. The van der Waals surface area contributed by atoms with Crippen LogP contribution in [0.2, 0.25) is 0 Å². The molecule has 1 N–H and O–H groups in total. The number of carbonyl (C=O) groups is 1. The van der Waals surface area contributed by atoms with Crippen molar-refractivity contribution >= 4 is 11.7 Å². The molecule has 0 fully saturated rings. The molecule has 2 aromatic rings. The molecular weight excluding hydrogens is 276 g/mol. The number of rotatable bonds is 7. The molecule has 0 saturated carbocycles. The number of anilines is 1. The number of hydrogen-bond acceptors (Lipinski definition) is 4. The Morgan fingerprint density at radius 2 is 1.91 bits per heavy atom. The molecule has 0 radical (unpaired) electrons. The number of unbranched alkanes of at least 4 members (excludes halogenated alkanes) is 1. The standard InChI is InChI=1S/C17H22N4O/c1-3-4-12-18-16-11-10-15(19-20-16)17(22)21(2)13-14-8-6-5-7-9-14/h5-11H,3-4,12-13H2,1-2H3,(H,18,20). The molecule has 0 unspecified atom stereocenters. The second kappa shape index (κ2) is 8.12. The van der Waals surface area contributed by atoms with E-state index in [0.717, 1.165) is 24.9 Å². The van der Waals surface area contributed by atoms with Crippen LogP contribution < -0.4 is 5.32 Å². The highest BCUT2D eigenvalue weighted by Gasteiger charge is 2.14. The fourth-order valence-corrected chi connectivity index (χ4v) is 2.06. The van der Waals surface area contributed by atoms with E-state index in [1.807, 2.05) is 30.3 Å². The molecule has 1 aromatic carbocycles. The molecule has 116 valence electrons. The highest BCUT2D eigenvalue weighted by molar-refractivity contribution is 5.92. The average molecular weight is 298 g/mol. The molecule has 0 atom stereocenters. The minimum absolute atomic E-state index is 0.128. The van der Waals surface area contributed by atoms with Crippen LogP contribution in [0.1, 0.15) is 35.8 Å². The van der Waals surface area contributed by atoms with Gasteiger partial charge in [0.25, 0.3) is 5.91 Å². The Kier molecular flexibility index (Phi) is 5.89. The summed E-state index contributed by atoms with van der Waals surface area (Å²) in [5, 5.41) is 11.3. The molecule has 0 spiro atoms. The molecule has 22 heavy (non-hydrogen) atoms. The van der Waals surface area contributed by atoms with E-state index in [-0.39, 0.29) is 5.91 Å². The quantitative estimate of drug-likeness (QED) is 0.798. The Labute approximate surface area is 131 Å². The SMILES string of the molecule is CCCCNc1ccc(C(=O)N(C)Cc2ccccc2)nn1. The van der Waals surface area contributed by atoms with Gasteiger partial charge in [0.15, 0.2) is 5.69 Å². The molecule has 1 amide bonds. The summed E-state index contributed by atoms with van der Waals surface area (Å²) in [4.78, 5) is 14.0. The van der Waals surface area contributed by atoms with Gasteiger partial charge in [0, 0.05) is 20.1 Å². The van der Waals surface area contributed by atoms with Gasteiger partial charge >= 0.3 is 0 Å². The van der Waals surface area contributed by atoms with Gasteiger partial charge in [0.05, 0.1) is 0 Å². The lowest BCUT2D eigenvalue weighted by Crippen LogP contribution is -2.27. The van der Waals surface area contributed by atoms with Gasteiger partial charge in [0.2, 0.25) is 0 Å². The predicted molar refractivity (Wildman–Crippen MR) is 87.7 cm³/mol. The number of nitrogens with one attached hydrogen (secondary N) is 1. The molecule has 5 heteroatoms. The van der Waals surface area contributed by atoms with E-state index in [0.29, 0.717) is 18.1 Å². The average Bonchev–Trinajstić information content (AvgIpc) is 2.56. The maximum Gasteiger partial charge on any atom is 0.274 e. The van der Waals surface area contributed by atoms with Gasteiger partial charge < -0.3 is 10.2 Å². The van der Waals surface area contributed by atoms with Crippen molar-refractivity contribution in [3.63, 3.8) is 0 Å². The van der Waals surface area contributed by atoms with Crippen molar-refractivity contribution in [3.8, 4) is 0 Å². The summed E-state index contributed by atoms with van der Waals surface area (Å²) in [6, 6.07) is 13.4. The van der Waals surface area contributed by atoms with E-state index in [2.05, 4.69) is 22.4 Å². The molecule has 0 bridgehead atoms. The van der Waals surface area contributed by atoms with Crippen LogP contribution in [-0.4, -0.2) is 34.6 Å². The number of benzene rings is 1. The van der Waals surface area contributed by atoms with Crippen LogP contribution in [0, 0.1) is 0 Å². The molecule has 2 rings (SSSR count). The highest BCUT2D eigenvalue weighted by Crippen LogP contribution is 2.08. The van der Waals surface area contributed by atoms with Gasteiger partial charge in [-0.05, 0) is 24.1 Å². The van der Waals surface area contributed by atoms with Crippen LogP contribution in [0.5, 0.6) is 0 Å². The van der Waals surface area contributed by atoms with E-state index < -0.39 is 0 Å². The Balaban J connectivity index is 1.94. The number of hydrogen-bond donors (Lipinski definition) is 1. The molecular formula is C17H22N4O. The fraction of sp³-hybridized carbons (Fsp3) is 0.353. The van der Waals surface area contributed by atoms with E-state index >= 15 is 0 Å². The van der Waals surface area contributed by atoms with E-state index in [4.69, 9.17) is 0 Å². The largest absolute Gasteiger partial charge is 0.369 e. The predicted octanol–water partition coefficient (Wildman–Crippen LogP) is 2.96. The van der Waals surface area contributed by atoms with Crippen molar-refractivity contribution in [1.29, 1.82) is 0 Å². The Morgan fingerprint density at radius 1 is 1.14 bits per heavy atom. The molecule has 0 aliphatic carbocycles. The summed E-state index contributed by atoms with van der Waals surface area (Å²) in [6.45, 7) is 3.56. The summed E-state index contributed by atoms with van der Waals surface area (Å²) in [7, 11) is 1.77. The Hall–Kier alpha value is -2.43. The zero-order valence-corrected chi connectivity index (χ0v) is 13.1. The zero-order valence-electron chi connectivity index (χ0n) is 13.1. The first kappa shape index (κ1) is 15.9. The van der Waals surface area contributed by atoms with Gasteiger partial charge in [-0.25, -0.2) is 0 Å². The summed E-state index contributed by atoms with van der Waals surface area (Å²) in [5.74, 6) is 0.576. The topological polar surface area (TPSA) is 58.1 Å². The first-order valence-electron chi connectivity index (χ1n) is 7.57. The van der Waals surface area contributed by atoms with Crippen LogP contribution in [0.25, 0.3) is 0 Å². The summed E-state index contributed by atoms with van der Waals surface area (Å²) < 4.78 is 0. The Morgan fingerprint density at radius 3 is 2.55 bits per heavy atom. The zero-order chi connectivity index (χ0) is 15.8. The molecule has 0 aliphatic rings. The maximum absolute atomic E-state index is 12.3. The van der Waals surface area contributed by atoms with Crippen LogP contribution in [0.4, 0.5) is 5.82 Å². The normalized spacial score (nSPS) is 10.3. The third kappa shape index (κ3) is 4.55. The first-order valence-corrected chi connectivity index (χ1v) is 7.57. The first-order chi connectivity index (χ1) is 10.7. The van der Waals surface area contributed by atoms with Crippen LogP contribution in [-0.2, 0) is 6.54 Å². The third-order valence-electron chi connectivity index (χ3n) is 3.33. The van der Waals surface area contributed by atoms with Crippen molar-refractivity contribution < 1.29 is 4.79 Å². The Bertz CT molecular complexity index is 583. The van der Waals surface area contributed by atoms with E-state index in [1.54, 1.807) is 24.1 Å². The lowest BCUT2D eigenvalue weighted by atomic mass is 10.2. The number of nitrogens with zero attached hydrogens (tertiary/aromatic N) is 3. The van der Waals surface area contributed by atoms with Crippen molar-refractivity contribution in [1.82, 2.24) is 15.1 Å². The van der Waals surface area contributed by atoms with Crippen LogP contribution >= 0.6 is 0 Å². The van der Waals surface area contributed by atoms with E-state index in [9.17, 15) is 4.79 Å². The second-order valence-electron chi connectivity index (χ2n) is 5.23. The van der Waals surface area contributed by atoms with Gasteiger partial charge in [-0.1, -0.05) is 43.7 Å². The minimum Gasteiger partial charge on any atom is -0.369 e. The fourth-order valence-electron chi connectivity index (χ4n) is 2.06. The van der Waals surface area contributed by atoms with Crippen molar-refractivity contribution in [2.75, 3.05) is 18.9 Å². The molecule has 0 saturated heterocycles. The molecule has 0 aliphatic heterocycles. The van der Waals surface area contributed by atoms with Crippen molar-refractivity contribution in [3.05, 3.63) is 53.7 Å². The lowest BCUT2D eigenvalue weighted by molar-refractivity contribution is 0.0778. The van der Waals surface area contributed by atoms with Gasteiger partial charge in [0.1, 0.15) is 5.82 Å². The van der Waals surface area contributed by atoms with E-state index in [1.165, 1.54) is 0 Å². The van der Waals surface area contributed by atoms with Gasteiger partial charge in [-0.15, -0.1) is 10.2 Å². The molecule has 1 heterocycles. The minimum atomic E-state index is -0.128. The molecule has 1 aromatic heterocycles. The van der Waals surface area contributed by atoms with Crippen molar-refractivity contribution in [2.24, 2.45) is 0 Å². The maximum atomic E-state index is 12.3. The third-order valence-corrected chi connectivity index (χ3v) is 3.33. The molecule has 5 nitrogen and oxygen atoms in total. The monoisotopic (exact) mass is 298 g/mol. The summed E-state index contributed by atoms with van der Waals surface area (Å²) in [5.41, 5.74) is 1.45.